The first kappa shape index (κ1) is 26.6. The van der Waals surface area contributed by atoms with Crippen LogP contribution in [0.3, 0.4) is 0 Å². The first-order valence-electron chi connectivity index (χ1n) is 11.2. The van der Waals surface area contributed by atoms with E-state index >= 15 is 0 Å². The van der Waals surface area contributed by atoms with Gasteiger partial charge in [-0.1, -0.05) is 56.6 Å². The molecule has 5 heteroatoms. The molecule has 0 bridgehead atoms. The lowest BCUT2D eigenvalue weighted by atomic mass is 9.84. The Morgan fingerprint density at radius 3 is 2.26 bits per heavy atom. The molecule has 5 nitrogen and oxygen atoms in total. The first-order chi connectivity index (χ1) is 14.6. The molecule has 0 saturated carbocycles. The van der Waals surface area contributed by atoms with Crippen LogP contribution < -0.4 is 4.90 Å². The molecule has 2 atom stereocenters. The Kier molecular flexibility index (Phi) is 11.2. The van der Waals surface area contributed by atoms with E-state index in [1.807, 2.05) is 39.8 Å². The molecule has 1 rings (SSSR count). The van der Waals surface area contributed by atoms with Crippen LogP contribution in [0.2, 0.25) is 0 Å². The van der Waals surface area contributed by atoms with Crippen LogP contribution in [0, 0.1) is 17.8 Å². The summed E-state index contributed by atoms with van der Waals surface area (Å²) in [5.41, 5.74) is 1.59. The number of benzene rings is 1. The van der Waals surface area contributed by atoms with Gasteiger partial charge in [-0.05, 0) is 44.9 Å². The molecule has 0 N–H and O–H groups in total. The summed E-state index contributed by atoms with van der Waals surface area (Å²) < 4.78 is 5.38. The summed E-state index contributed by atoms with van der Waals surface area (Å²) in [6.07, 6.45) is 5.95. The van der Waals surface area contributed by atoms with Gasteiger partial charge in [-0.3, -0.25) is 0 Å². The zero-order valence-electron chi connectivity index (χ0n) is 20.4. The van der Waals surface area contributed by atoms with Crippen molar-refractivity contribution in [3.8, 4) is 11.8 Å². The summed E-state index contributed by atoms with van der Waals surface area (Å²) in [6, 6.07) is 8.20. The number of rotatable bonds is 10. The summed E-state index contributed by atoms with van der Waals surface area (Å²) in [5, 5.41) is 0. The van der Waals surface area contributed by atoms with Crippen LogP contribution in [-0.4, -0.2) is 50.6 Å². The van der Waals surface area contributed by atoms with E-state index in [0.29, 0.717) is 0 Å². The molecule has 0 heterocycles. The number of unbranched alkanes of at least 4 members (excludes halogenated alkanes) is 3. The van der Waals surface area contributed by atoms with Crippen LogP contribution in [0.5, 0.6) is 0 Å². The fourth-order valence-electron chi connectivity index (χ4n) is 3.22. The number of anilines is 1. The third kappa shape index (κ3) is 9.91. The van der Waals surface area contributed by atoms with Crippen molar-refractivity contribution in [1.82, 2.24) is 4.90 Å². The lowest BCUT2D eigenvalue weighted by Gasteiger charge is -2.23. The highest BCUT2D eigenvalue weighted by atomic mass is 16.6. The van der Waals surface area contributed by atoms with Crippen molar-refractivity contribution in [3.63, 3.8) is 0 Å². The van der Waals surface area contributed by atoms with Gasteiger partial charge in [-0.25, -0.2) is 4.79 Å². The zero-order valence-corrected chi connectivity index (χ0v) is 20.4. The fraction of sp³-hybridized carbons (Fsp3) is 0.615. The van der Waals surface area contributed by atoms with Gasteiger partial charge < -0.3 is 19.3 Å². The lowest BCUT2D eigenvalue weighted by Crippen LogP contribution is -2.34. The van der Waals surface area contributed by atoms with E-state index in [2.05, 4.69) is 43.0 Å². The van der Waals surface area contributed by atoms with Crippen molar-refractivity contribution in [2.75, 3.05) is 32.6 Å². The van der Waals surface area contributed by atoms with Crippen molar-refractivity contribution in [1.29, 1.82) is 0 Å². The van der Waals surface area contributed by atoms with Crippen molar-refractivity contribution in [3.05, 3.63) is 29.8 Å². The van der Waals surface area contributed by atoms with Gasteiger partial charge in [0.15, 0.2) is 0 Å². The van der Waals surface area contributed by atoms with Crippen LogP contribution in [0.25, 0.3) is 0 Å². The predicted molar refractivity (Wildman–Crippen MR) is 128 cm³/mol. The minimum Gasteiger partial charge on any atom is -0.444 e. The van der Waals surface area contributed by atoms with Gasteiger partial charge in [0.1, 0.15) is 11.9 Å². The van der Waals surface area contributed by atoms with Crippen LogP contribution in [0.1, 0.15) is 71.3 Å². The molecule has 0 saturated heterocycles. The predicted octanol–water partition coefficient (Wildman–Crippen LogP) is 5.49. The molecule has 0 spiro atoms. The van der Waals surface area contributed by atoms with Crippen molar-refractivity contribution >= 4 is 18.1 Å². The van der Waals surface area contributed by atoms with Gasteiger partial charge >= 0.3 is 6.09 Å². The number of nitrogens with zero attached hydrogens (tertiary/aromatic N) is 2. The first-order valence-corrected chi connectivity index (χ1v) is 11.2. The highest BCUT2D eigenvalue weighted by molar-refractivity contribution is 5.68. The Bertz CT molecular complexity index is 739. The number of carbonyl (C=O) groups is 2. The molecule has 0 radical (unpaired) electrons. The zero-order chi connectivity index (χ0) is 23.4. The maximum absolute atomic E-state index is 12.2. The van der Waals surface area contributed by atoms with E-state index in [-0.39, 0.29) is 18.4 Å². The smallest absolute Gasteiger partial charge is 0.410 e. The Morgan fingerprint density at radius 1 is 1.10 bits per heavy atom. The van der Waals surface area contributed by atoms with Crippen molar-refractivity contribution < 1.29 is 14.3 Å². The SMILES string of the molecule is CCCCCC[C@@H](C=O)[C@H](C#CCN(C)C(=O)OC(C)(C)C)c1ccc(N(C)C)cc1. The lowest BCUT2D eigenvalue weighted by molar-refractivity contribution is -0.111. The van der Waals surface area contributed by atoms with E-state index in [0.717, 1.165) is 43.2 Å². The quantitative estimate of drug-likeness (QED) is 0.281. The van der Waals surface area contributed by atoms with E-state index in [4.69, 9.17) is 4.74 Å². The van der Waals surface area contributed by atoms with Crippen molar-refractivity contribution in [2.45, 2.75) is 71.3 Å². The number of aldehydes is 1. The molecule has 172 valence electrons. The Morgan fingerprint density at radius 2 is 1.74 bits per heavy atom. The van der Waals surface area contributed by atoms with E-state index in [1.54, 1.807) is 7.05 Å². The highest BCUT2D eigenvalue weighted by Crippen LogP contribution is 2.29. The number of ether oxygens (including phenoxy) is 1. The summed E-state index contributed by atoms with van der Waals surface area (Å²) >= 11 is 0. The van der Waals surface area contributed by atoms with Crippen LogP contribution in [-0.2, 0) is 9.53 Å². The standard InChI is InChI=1S/C26H40N2O3/c1-8-9-10-11-13-22(20-29)24(21-15-17-23(18-16-21)27(5)6)14-12-19-28(7)25(30)31-26(2,3)4/h15-18,20,22,24H,8-11,13,19H2,1-7H3/t22-,24+/m0/s1. The summed E-state index contributed by atoms with van der Waals surface area (Å²) in [6.45, 7) is 7.95. The van der Waals surface area contributed by atoms with Crippen LogP contribution in [0.4, 0.5) is 10.5 Å². The molecule has 31 heavy (non-hydrogen) atoms. The maximum atomic E-state index is 12.2. The second-order valence-electron chi connectivity index (χ2n) is 9.27. The van der Waals surface area contributed by atoms with Crippen LogP contribution in [0.15, 0.2) is 24.3 Å². The van der Waals surface area contributed by atoms with E-state index < -0.39 is 11.7 Å². The highest BCUT2D eigenvalue weighted by Gasteiger charge is 2.22. The fourth-order valence-corrected chi connectivity index (χ4v) is 3.22. The molecule has 1 amide bonds. The Hall–Kier alpha value is -2.48. The largest absolute Gasteiger partial charge is 0.444 e. The summed E-state index contributed by atoms with van der Waals surface area (Å²) in [4.78, 5) is 27.6. The molecule has 0 aromatic heterocycles. The van der Waals surface area contributed by atoms with Crippen molar-refractivity contribution in [2.24, 2.45) is 5.92 Å². The Labute approximate surface area is 189 Å². The number of carbonyl (C=O) groups excluding carboxylic acids is 2. The van der Waals surface area contributed by atoms with Gasteiger partial charge in [0.05, 0.1) is 12.5 Å². The minimum atomic E-state index is -0.545. The molecule has 0 aliphatic rings. The number of amides is 1. The second-order valence-corrected chi connectivity index (χ2v) is 9.27. The molecule has 0 aliphatic heterocycles. The molecule has 0 fully saturated rings. The summed E-state index contributed by atoms with van der Waals surface area (Å²) in [7, 11) is 5.67. The van der Waals surface area contributed by atoms with Gasteiger partial charge in [0.2, 0.25) is 0 Å². The monoisotopic (exact) mass is 428 g/mol. The molecule has 1 aromatic rings. The van der Waals surface area contributed by atoms with Crippen LogP contribution >= 0.6 is 0 Å². The number of hydrogen-bond acceptors (Lipinski definition) is 4. The third-order valence-corrected chi connectivity index (χ3v) is 5.04. The van der Waals surface area contributed by atoms with Gasteiger partial charge in [-0.2, -0.15) is 0 Å². The number of hydrogen-bond donors (Lipinski definition) is 0. The Balaban J connectivity index is 3.01. The van der Waals surface area contributed by atoms with E-state index in [1.165, 1.54) is 11.3 Å². The summed E-state index contributed by atoms with van der Waals surface area (Å²) in [5.74, 6) is 6.03. The maximum Gasteiger partial charge on any atom is 0.410 e. The molecule has 0 unspecified atom stereocenters. The van der Waals surface area contributed by atoms with Gasteiger partial charge in [-0.15, -0.1) is 0 Å². The average molecular weight is 429 g/mol. The van der Waals surface area contributed by atoms with Gasteiger partial charge in [0.25, 0.3) is 0 Å². The normalized spacial score (nSPS) is 12.9. The molecule has 0 aliphatic carbocycles. The molecular weight excluding hydrogens is 388 g/mol. The van der Waals surface area contributed by atoms with E-state index in [9.17, 15) is 9.59 Å². The topological polar surface area (TPSA) is 49.9 Å². The average Bonchev–Trinajstić information content (AvgIpc) is 2.70. The minimum absolute atomic E-state index is 0.165. The second kappa shape index (κ2) is 13.0. The molecule has 1 aromatic carbocycles. The van der Waals surface area contributed by atoms with Gasteiger partial charge in [0, 0.05) is 32.7 Å². The molecular formula is C26H40N2O3. The third-order valence-electron chi connectivity index (χ3n) is 5.04.